The van der Waals surface area contributed by atoms with Gasteiger partial charge < -0.3 is 10.6 Å². The maximum absolute atomic E-state index is 12.4. The van der Waals surface area contributed by atoms with Crippen molar-refractivity contribution < 1.29 is 9.59 Å². The first kappa shape index (κ1) is 14.5. The zero-order valence-corrected chi connectivity index (χ0v) is 13.1. The lowest BCUT2D eigenvalue weighted by atomic mass is 10.1. The van der Waals surface area contributed by atoms with Gasteiger partial charge in [-0.3, -0.25) is 14.5 Å². The zero-order chi connectivity index (χ0) is 15.7. The Morgan fingerprint density at radius 3 is 3.05 bits per heavy atom. The van der Waals surface area contributed by atoms with E-state index in [1.807, 2.05) is 25.1 Å². The quantitative estimate of drug-likeness (QED) is 0.911. The van der Waals surface area contributed by atoms with E-state index >= 15 is 0 Å². The molecule has 1 aromatic heterocycles. The third kappa shape index (κ3) is 2.80. The molecule has 0 fully saturated rings. The minimum absolute atomic E-state index is 0.0273. The number of fused-ring (bicyclic) bond motifs is 1. The van der Waals surface area contributed by atoms with Crippen LogP contribution in [0.25, 0.3) is 0 Å². The Labute approximate surface area is 132 Å². The average molecular weight is 316 g/mol. The highest BCUT2D eigenvalue weighted by Gasteiger charge is 2.30. The van der Waals surface area contributed by atoms with Crippen molar-refractivity contribution in [3.8, 4) is 0 Å². The van der Waals surface area contributed by atoms with Crippen LogP contribution in [0.3, 0.4) is 0 Å². The number of carbonyl (C=O) groups excluding carboxylic acids is 2. The molecule has 1 aromatic carbocycles. The number of hydrogen-bond acceptors (Lipinski definition) is 5. The van der Waals surface area contributed by atoms with Gasteiger partial charge in [-0.1, -0.05) is 6.07 Å². The van der Waals surface area contributed by atoms with Crippen LogP contribution in [-0.4, -0.2) is 29.4 Å². The number of nitrogens with one attached hydrogen (secondary N) is 2. The molecule has 3 rings (SSSR count). The summed E-state index contributed by atoms with van der Waals surface area (Å²) >= 11 is 1.34. The van der Waals surface area contributed by atoms with Crippen LogP contribution >= 0.6 is 11.3 Å². The van der Waals surface area contributed by atoms with E-state index in [1.54, 1.807) is 18.5 Å². The van der Waals surface area contributed by atoms with Crippen LogP contribution in [0.2, 0.25) is 0 Å². The Morgan fingerprint density at radius 2 is 2.32 bits per heavy atom. The van der Waals surface area contributed by atoms with Crippen molar-refractivity contribution in [1.29, 1.82) is 0 Å². The highest BCUT2D eigenvalue weighted by Crippen LogP contribution is 2.32. The molecule has 22 heavy (non-hydrogen) atoms. The molecule has 114 valence electrons. The van der Waals surface area contributed by atoms with E-state index in [0.717, 1.165) is 16.9 Å². The Bertz CT molecular complexity index is 714. The summed E-state index contributed by atoms with van der Waals surface area (Å²) < 4.78 is 0. The maximum atomic E-state index is 12.4. The number of nitrogens with zero attached hydrogens (tertiary/aromatic N) is 2. The van der Waals surface area contributed by atoms with Crippen molar-refractivity contribution in [2.45, 2.75) is 19.9 Å². The van der Waals surface area contributed by atoms with E-state index in [4.69, 9.17) is 0 Å². The Balaban J connectivity index is 1.83. The molecular formula is C15H16N4O2S. The van der Waals surface area contributed by atoms with Gasteiger partial charge in [-0.2, -0.15) is 0 Å². The fourth-order valence-electron chi connectivity index (χ4n) is 2.40. The highest BCUT2D eigenvalue weighted by atomic mass is 32.1. The summed E-state index contributed by atoms with van der Waals surface area (Å²) in [5, 5.41) is 8.18. The van der Waals surface area contributed by atoms with Crippen LogP contribution in [-0.2, 0) is 9.59 Å². The van der Waals surface area contributed by atoms with Crippen LogP contribution in [0, 0.1) is 6.92 Å². The molecule has 1 atom stereocenters. The Morgan fingerprint density at radius 1 is 1.50 bits per heavy atom. The first-order chi connectivity index (χ1) is 10.5. The van der Waals surface area contributed by atoms with Crippen LogP contribution in [0.15, 0.2) is 29.8 Å². The number of thiazole rings is 1. The van der Waals surface area contributed by atoms with Crippen molar-refractivity contribution in [3.05, 3.63) is 35.3 Å². The molecule has 0 saturated heterocycles. The number of aryl methyl sites for hydroxylation is 1. The van der Waals surface area contributed by atoms with Gasteiger partial charge in [0.1, 0.15) is 12.6 Å². The molecule has 2 aromatic rings. The van der Waals surface area contributed by atoms with E-state index in [2.05, 4.69) is 15.6 Å². The Kier molecular flexibility index (Phi) is 3.81. The minimum Gasteiger partial charge on any atom is -0.372 e. The number of benzene rings is 1. The number of amides is 2. The fourth-order valence-corrected chi connectivity index (χ4v) is 2.94. The summed E-state index contributed by atoms with van der Waals surface area (Å²) in [4.78, 5) is 30.1. The van der Waals surface area contributed by atoms with E-state index in [1.165, 1.54) is 16.2 Å². The predicted molar refractivity (Wildman–Crippen MR) is 87.4 cm³/mol. The highest BCUT2D eigenvalue weighted by molar-refractivity contribution is 7.13. The molecule has 0 radical (unpaired) electrons. The van der Waals surface area contributed by atoms with Crippen molar-refractivity contribution in [3.63, 3.8) is 0 Å². The lowest BCUT2D eigenvalue weighted by Crippen LogP contribution is -2.48. The van der Waals surface area contributed by atoms with Crippen molar-refractivity contribution >= 4 is 39.7 Å². The third-order valence-electron chi connectivity index (χ3n) is 3.43. The molecule has 7 heteroatoms. The molecule has 1 unspecified atom stereocenters. The number of carbonyl (C=O) groups is 2. The molecule has 2 amide bonds. The molecule has 6 nitrogen and oxygen atoms in total. The van der Waals surface area contributed by atoms with Gasteiger partial charge in [-0.25, -0.2) is 4.98 Å². The third-order valence-corrected chi connectivity index (χ3v) is 4.12. The van der Waals surface area contributed by atoms with Crippen LogP contribution in [0.4, 0.5) is 16.5 Å². The van der Waals surface area contributed by atoms with Crippen molar-refractivity contribution in [1.82, 2.24) is 4.98 Å². The van der Waals surface area contributed by atoms with Gasteiger partial charge >= 0.3 is 0 Å². The first-order valence-electron chi connectivity index (χ1n) is 6.92. The van der Waals surface area contributed by atoms with Gasteiger partial charge in [0.2, 0.25) is 11.8 Å². The summed E-state index contributed by atoms with van der Waals surface area (Å²) in [6.45, 7) is 3.75. The fraction of sp³-hybridized carbons (Fsp3) is 0.267. The molecule has 0 bridgehead atoms. The lowest BCUT2D eigenvalue weighted by molar-refractivity contribution is -0.122. The summed E-state index contributed by atoms with van der Waals surface area (Å²) in [5.74, 6) is -0.380. The maximum Gasteiger partial charge on any atom is 0.249 e. The van der Waals surface area contributed by atoms with Gasteiger partial charge in [0.15, 0.2) is 5.13 Å². The normalized spacial score (nSPS) is 16.9. The standard InChI is InChI=1S/C15H16N4O2S/c1-9-3-4-12-11(7-9)17-10(2)14(21)19(12)8-13(20)18-15-16-5-6-22-15/h3-7,10,17H,8H2,1-2H3,(H,16,18,20). The molecule has 0 saturated carbocycles. The topological polar surface area (TPSA) is 74.3 Å². The second-order valence-electron chi connectivity index (χ2n) is 5.20. The number of hydrogen-bond donors (Lipinski definition) is 2. The predicted octanol–water partition coefficient (Wildman–Crippen LogP) is 2.24. The lowest BCUT2D eigenvalue weighted by Gasteiger charge is -2.33. The van der Waals surface area contributed by atoms with Gasteiger partial charge in [-0.15, -0.1) is 11.3 Å². The van der Waals surface area contributed by atoms with Gasteiger partial charge in [-0.05, 0) is 31.5 Å². The molecule has 1 aliphatic heterocycles. The summed E-state index contributed by atoms with van der Waals surface area (Å²) in [7, 11) is 0. The summed E-state index contributed by atoms with van der Waals surface area (Å²) in [5.41, 5.74) is 2.69. The smallest absolute Gasteiger partial charge is 0.249 e. The molecule has 0 aliphatic carbocycles. The first-order valence-corrected chi connectivity index (χ1v) is 7.80. The van der Waals surface area contributed by atoms with Crippen LogP contribution < -0.4 is 15.5 Å². The number of aromatic nitrogens is 1. The Hall–Kier alpha value is -2.41. The number of anilines is 3. The van der Waals surface area contributed by atoms with E-state index < -0.39 is 0 Å². The minimum atomic E-state index is -0.359. The SMILES string of the molecule is Cc1ccc2c(c1)NC(C)C(=O)N2CC(=O)Nc1nccs1. The van der Waals surface area contributed by atoms with Crippen LogP contribution in [0.1, 0.15) is 12.5 Å². The number of rotatable bonds is 3. The second-order valence-corrected chi connectivity index (χ2v) is 6.09. The van der Waals surface area contributed by atoms with Gasteiger partial charge in [0, 0.05) is 11.6 Å². The zero-order valence-electron chi connectivity index (χ0n) is 12.3. The summed E-state index contributed by atoms with van der Waals surface area (Å²) in [6.07, 6.45) is 1.62. The van der Waals surface area contributed by atoms with E-state index in [0.29, 0.717) is 5.13 Å². The molecule has 2 N–H and O–H groups in total. The van der Waals surface area contributed by atoms with E-state index in [9.17, 15) is 9.59 Å². The largest absolute Gasteiger partial charge is 0.372 e. The molecule has 1 aliphatic rings. The average Bonchev–Trinajstić information content (AvgIpc) is 2.96. The monoisotopic (exact) mass is 316 g/mol. The second kappa shape index (κ2) is 5.76. The van der Waals surface area contributed by atoms with Crippen LogP contribution in [0.5, 0.6) is 0 Å². The van der Waals surface area contributed by atoms with E-state index in [-0.39, 0.29) is 24.4 Å². The van der Waals surface area contributed by atoms with Crippen molar-refractivity contribution in [2.75, 3.05) is 22.1 Å². The molecule has 0 spiro atoms. The summed E-state index contributed by atoms with van der Waals surface area (Å²) in [6, 6.07) is 5.40. The van der Waals surface area contributed by atoms with Gasteiger partial charge in [0.25, 0.3) is 0 Å². The van der Waals surface area contributed by atoms with Crippen molar-refractivity contribution in [2.24, 2.45) is 0 Å². The van der Waals surface area contributed by atoms with Gasteiger partial charge in [0.05, 0.1) is 11.4 Å². The molecule has 2 heterocycles. The molecular weight excluding hydrogens is 300 g/mol.